The molecule has 1 saturated carbocycles. The lowest BCUT2D eigenvalue weighted by Gasteiger charge is -2.33. The van der Waals surface area contributed by atoms with Crippen molar-refractivity contribution in [3.8, 4) is 0 Å². The van der Waals surface area contributed by atoms with Gasteiger partial charge in [0.05, 0.1) is 6.42 Å². The van der Waals surface area contributed by atoms with Crippen LogP contribution in [-0.2, 0) is 0 Å². The average molecular weight is 195 g/mol. The summed E-state index contributed by atoms with van der Waals surface area (Å²) in [6, 6.07) is 0. The van der Waals surface area contributed by atoms with Gasteiger partial charge >= 0.3 is 6.18 Å². The molecule has 78 valence electrons. The van der Waals surface area contributed by atoms with Crippen molar-refractivity contribution in [2.24, 2.45) is 17.1 Å². The Morgan fingerprint density at radius 1 is 1.46 bits per heavy atom. The molecule has 1 aliphatic carbocycles. The highest BCUT2D eigenvalue weighted by atomic mass is 19.4. The number of hydrogen-bond acceptors (Lipinski definition) is 1. The van der Waals surface area contributed by atoms with Gasteiger partial charge in [-0.15, -0.1) is 0 Å². The Kier molecular flexibility index (Phi) is 2.90. The van der Waals surface area contributed by atoms with Gasteiger partial charge in [-0.05, 0) is 24.3 Å². The summed E-state index contributed by atoms with van der Waals surface area (Å²) >= 11 is 0. The van der Waals surface area contributed by atoms with Crippen molar-refractivity contribution in [2.45, 2.75) is 38.8 Å². The van der Waals surface area contributed by atoms with Crippen LogP contribution in [0, 0.1) is 11.3 Å². The molecular formula is C9H16F3N. The summed E-state index contributed by atoms with van der Waals surface area (Å²) in [5, 5.41) is 0. The number of halogens is 3. The van der Waals surface area contributed by atoms with Crippen molar-refractivity contribution in [3.63, 3.8) is 0 Å². The third-order valence-electron chi connectivity index (χ3n) is 3.32. The number of nitrogens with two attached hydrogens (primary N) is 1. The first-order valence-corrected chi connectivity index (χ1v) is 4.66. The molecule has 0 aliphatic heterocycles. The van der Waals surface area contributed by atoms with Crippen LogP contribution in [0.25, 0.3) is 0 Å². The van der Waals surface area contributed by atoms with Crippen LogP contribution in [-0.4, -0.2) is 12.7 Å². The predicted molar refractivity (Wildman–Crippen MR) is 45.2 cm³/mol. The minimum atomic E-state index is -4.07. The summed E-state index contributed by atoms with van der Waals surface area (Å²) in [7, 11) is 0. The largest absolute Gasteiger partial charge is 0.389 e. The van der Waals surface area contributed by atoms with Crippen LogP contribution in [0.4, 0.5) is 13.2 Å². The molecule has 2 atom stereocenters. The molecule has 0 bridgehead atoms. The summed E-state index contributed by atoms with van der Waals surface area (Å²) in [6.45, 7) is 2.04. The van der Waals surface area contributed by atoms with E-state index in [1.54, 1.807) is 0 Å². The molecule has 0 aromatic carbocycles. The summed E-state index contributed by atoms with van der Waals surface area (Å²) < 4.78 is 36.8. The van der Waals surface area contributed by atoms with Crippen LogP contribution >= 0.6 is 0 Å². The molecule has 2 N–H and O–H groups in total. The zero-order valence-corrected chi connectivity index (χ0v) is 7.82. The normalized spacial score (nSPS) is 35.3. The second kappa shape index (κ2) is 3.48. The van der Waals surface area contributed by atoms with Crippen LogP contribution in [0.2, 0.25) is 0 Å². The number of rotatable bonds is 2. The molecule has 1 aliphatic rings. The molecule has 0 aromatic heterocycles. The van der Waals surface area contributed by atoms with Crippen molar-refractivity contribution in [3.05, 3.63) is 0 Å². The van der Waals surface area contributed by atoms with Crippen LogP contribution < -0.4 is 5.73 Å². The van der Waals surface area contributed by atoms with Crippen molar-refractivity contribution in [2.75, 3.05) is 6.54 Å². The summed E-state index contributed by atoms with van der Waals surface area (Å²) in [5.41, 5.74) is 4.80. The lowest BCUT2D eigenvalue weighted by Crippen LogP contribution is -2.37. The highest BCUT2D eigenvalue weighted by Gasteiger charge is 2.47. The number of alkyl halides is 3. The lowest BCUT2D eigenvalue weighted by molar-refractivity contribution is -0.161. The molecule has 0 heterocycles. The Hall–Kier alpha value is -0.250. The molecule has 0 saturated heterocycles. The molecule has 1 rings (SSSR count). The van der Waals surface area contributed by atoms with Crippen LogP contribution in [0.1, 0.15) is 32.6 Å². The zero-order chi connectivity index (χ0) is 10.1. The van der Waals surface area contributed by atoms with Gasteiger partial charge in [-0.2, -0.15) is 13.2 Å². The SMILES string of the molecule is CC1CCCC1(CN)CC(F)(F)F. The minimum Gasteiger partial charge on any atom is -0.330 e. The Balaban J connectivity index is 2.70. The van der Waals surface area contributed by atoms with Gasteiger partial charge < -0.3 is 5.73 Å². The topological polar surface area (TPSA) is 26.0 Å². The highest BCUT2D eigenvalue weighted by molar-refractivity contribution is 4.92. The zero-order valence-electron chi connectivity index (χ0n) is 7.82. The van der Waals surface area contributed by atoms with E-state index in [1.807, 2.05) is 6.92 Å². The third-order valence-corrected chi connectivity index (χ3v) is 3.32. The first-order valence-electron chi connectivity index (χ1n) is 4.66. The van der Waals surface area contributed by atoms with Gasteiger partial charge in [0.25, 0.3) is 0 Å². The molecule has 13 heavy (non-hydrogen) atoms. The fraction of sp³-hybridized carbons (Fsp3) is 1.00. The Labute approximate surface area is 76.5 Å². The molecule has 0 spiro atoms. The van der Waals surface area contributed by atoms with Crippen molar-refractivity contribution < 1.29 is 13.2 Å². The Morgan fingerprint density at radius 2 is 2.08 bits per heavy atom. The van der Waals surface area contributed by atoms with Gasteiger partial charge in [0.1, 0.15) is 0 Å². The smallest absolute Gasteiger partial charge is 0.330 e. The summed E-state index contributed by atoms with van der Waals surface area (Å²) in [5.74, 6) is 0.110. The van der Waals surface area contributed by atoms with E-state index in [9.17, 15) is 13.2 Å². The number of hydrogen-bond donors (Lipinski definition) is 1. The van der Waals surface area contributed by atoms with Gasteiger partial charge in [0, 0.05) is 0 Å². The van der Waals surface area contributed by atoms with Gasteiger partial charge in [0.15, 0.2) is 0 Å². The van der Waals surface area contributed by atoms with Gasteiger partial charge in [0.2, 0.25) is 0 Å². The van der Waals surface area contributed by atoms with Crippen LogP contribution in [0.5, 0.6) is 0 Å². The molecule has 1 fully saturated rings. The fourth-order valence-corrected chi connectivity index (χ4v) is 2.35. The first-order chi connectivity index (χ1) is 5.90. The van der Waals surface area contributed by atoms with Crippen LogP contribution in [0.15, 0.2) is 0 Å². The highest BCUT2D eigenvalue weighted by Crippen LogP contribution is 2.48. The first kappa shape index (κ1) is 10.8. The molecule has 0 radical (unpaired) electrons. The van der Waals surface area contributed by atoms with E-state index in [1.165, 1.54) is 0 Å². The van der Waals surface area contributed by atoms with Crippen molar-refractivity contribution in [1.29, 1.82) is 0 Å². The van der Waals surface area contributed by atoms with E-state index in [2.05, 4.69) is 0 Å². The standard InChI is InChI=1S/C9H16F3N/c1-7-3-2-4-8(7,6-13)5-9(10,11)12/h7H,2-6,13H2,1H3. The average Bonchev–Trinajstić information content (AvgIpc) is 2.30. The van der Waals surface area contributed by atoms with E-state index in [0.717, 1.165) is 12.8 Å². The molecule has 1 nitrogen and oxygen atoms in total. The van der Waals surface area contributed by atoms with Gasteiger partial charge in [-0.25, -0.2) is 0 Å². The molecule has 0 aromatic rings. The summed E-state index contributed by atoms with van der Waals surface area (Å²) in [4.78, 5) is 0. The van der Waals surface area contributed by atoms with E-state index in [0.29, 0.717) is 6.42 Å². The van der Waals surface area contributed by atoms with E-state index in [-0.39, 0.29) is 12.5 Å². The maximum absolute atomic E-state index is 12.3. The predicted octanol–water partition coefficient (Wildman–Crippen LogP) is 2.70. The van der Waals surface area contributed by atoms with E-state index >= 15 is 0 Å². The summed E-state index contributed by atoms with van der Waals surface area (Å²) in [6.07, 6.45) is -2.39. The van der Waals surface area contributed by atoms with Gasteiger partial charge in [-0.1, -0.05) is 19.8 Å². The maximum atomic E-state index is 12.3. The Morgan fingerprint density at radius 3 is 2.38 bits per heavy atom. The second-order valence-corrected chi connectivity index (χ2v) is 4.15. The third kappa shape index (κ3) is 2.36. The fourth-order valence-electron chi connectivity index (χ4n) is 2.35. The minimum absolute atomic E-state index is 0.110. The van der Waals surface area contributed by atoms with E-state index < -0.39 is 18.0 Å². The monoisotopic (exact) mass is 195 g/mol. The second-order valence-electron chi connectivity index (χ2n) is 4.15. The molecule has 0 amide bonds. The Bertz CT molecular complexity index is 178. The van der Waals surface area contributed by atoms with E-state index in [4.69, 9.17) is 5.73 Å². The molecular weight excluding hydrogens is 179 g/mol. The van der Waals surface area contributed by atoms with Crippen LogP contribution in [0.3, 0.4) is 0 Å². The molecule has 2 unspecified atom stereocenters. The quantitative estimate of drug-likeness (QED) is 0.720. The van der Waals surface area contributed by atoms with Crippen molar-refractivity contribution >= 4 is 0 Å². The lowest BCUT2D eigenvalue weighted by atomic mass is 9.76. The molecule has 4 heteroatoms. The maximum Gasteiger partial charge on any atom is 0.389 e. The van der Waals surface area contributed by atoms with Crippen molar-refractivity contribution in [1.82, 2.24) is 0 Å². The van der Waals surface area contributed by atoms with Gasteiger partial charge in [-0.3, -0.25) is 0 Å².